The Kier molecular flexibility index (Phi) is 8.40. The number of phenols is 1. The molecule has 1 amide bonds. The molecule has 1 aromatic heterocycles. The fourth-order valence-electron chi connectivity index (χ4n) is 5.11. The van der Waals surface area contributed by atoms with Crippen molar-refractivity contribution >= 4 is 11.7 Å². The molecule has 0 radical (unpaired) electrons. The average Bonchev–Trinajstić information content (AvgIpc) is 3.48. The lowest BCUT2D eigenvalue weighted by Gasteiger charge is -2.34. The van der Waals surface area contributed by atoms with Gasteiger partial charge in [0.25, 0.3) is 5.91 Å². The summed E-state index contributed by atoms with van der Waals surface area (Å²) < 4.78 is 7.68. The summed E-state index contributed by atoms with van der Waals surface area (Å²) in [7, 11) is 0. The quantitative estimate of drug-likeness (QED) is 0.392. The van der Waals surface area contributed by atoms with Crippen LogP contribution in [0.3, 0.4) is 0 Å². The van der Waals surface area contributed by atoms with Crippen LogP contribution >= 0.6 is 0 Å². The number of hydrogen-bond acceptors (Lipinski definition) is 6. The van der Waals surface area contributed by atoms with E-state index in [9.17, 15) is 9.90 Å². The van der Waals surface area contributed by atoms with Crippen LogP contribution in [0.25, 0.3) is 5.76 Å². The predicted octanol–water partition coefficient (Wildman–Crippen LogP) is 4.39. The second kappa shape index (κ2) is 12.5. The van der Waals surface area contributed by atoms with E-state index in [0.717, 1.165) is 74.4 Å². The number of phenolic OH excluding ortho intramolecular Hbond substituents is 1. The van der Waals surface area contributed by atoms with Crippen LogP contribution in [0.15, 0.2) is 85.9 Å². The van der Waals surface area contributed by atoms with Crippen molar-refractivity contribution in [3.05, 3.63) is 103 Å². The number of likely N-dealkylation sites (tertiary alicyclic amines) is 1. The van der Waals surface area contributed by atoms with Crippen LogP contribution in [-0.4, -0.2) is 63.1 Å². The van der Waals surface area contributed by atoms with E-state index < -0.39 is 0 Å². The van der Waals surface area contributed by atoms with E-state index in [-0.39, 0.29) is 11.7 Å². The molecule has 198 valence electrons. The highest BCUT2D eigenvalue weighted by Gasteiger charge is 2.24. The average molecular weight is 514 g/mol. The number of carbonyl (C=O) groups excluding carboxylic acids is 1. The van der Waals surface area contributed by atoms with Gasteiger partial charge in [-0.2, -0.15) is 0 Å². The summed E-state index contributed by atoms with van der Waals surface area (Å²) in [5.74, 6) is 1.35. The van der Waals surface area contributed by atoms with Crippen molar-refractivity contribution in [1.82, 2.24) is 24.7 Å². The highest BCUT2D eigenvalue weighted by Crippen LogP contribution is 2.30. The summed E-state index contributed by atoms with van der Waals surface area (Å²) in [5.41, 5.74) is 2.81. The zero-order valence-corrected chi connectivity index (χ0v) is 21.6. The van der Waals surface area contributed by atoms with Crippen molar-refractivity contribution in [3.63, 3.8) is 0 Å². The minimum atomic E-state index is 0.0158. The molecule has 8 nitrogen and oxygen atoms in total. The molecule has 1 saturated heterocycles. The van der Waals surface area contributed by atoms with Gasteiger partial charge in [0.15, 0.2) is 0 Å². The predicted molar refractivity (Wildman–Crippen MR) is 147 cm³/mol. The summed E-state index contributed by atoms with van der Waals surface area (Å²) in [4.78, 5) is 21.6. The number of benzene rings is 2. The van der Waals surface area contributed by atoms with Crippen molar-refractivity contribution in [2.24, 2.45) is 0 Å². The number of nitrogens with zero attached hydrogens (tertiary/aromatic N) is 4. The number of nitrogens with one attached hydrogen (secondary N) is 1. The second-order valence-corrected chi connectivity index (χ2v) is 9.80. The third kappa shape index (κ3) is 6.63. The number of imidazole rings is 1. The normalized spacial score (nSPS) is 16.2. The van der Waals surface area contributed by atoms with E-state index >= 15 is 0 Å². The first-order chi connectivity index (χ1) is 18.7. The van der Waals surface area contributed by atoms with E-state index in [0.29, 0.717) is 12.5 Å². The van der Waals surface area contributed by atoms with Crippen molar-refractivity contribution < 1.29 is 14.6 Å². The number of aryl methyl sites for hydroxylation is 1. The first kappa shape index (κ1) is 25.6. The first-order valence-corrected chi connectivity index (χ1v) is 13.3. The standard InChI is InChI=1S/C30H35N5O3/c36-26-6-3-5-25(21-26)29-22-34(19-20-38-29)18-17-33-14-9-24(10-15-33)27-7-1-2-8-28(27)30(37)32-11-4-13-35-16-12-31-23-35/h1-3,5-8,12,16,19-24,36H,4,9-11,13-15,17-18H2,(H,32,37). The smallest absolute Gasteiger partial charge is 0.251 e. The van der Waals surface area contributed by atoms with E-state index in [1.54, 1.807) is 30.9 Å². The molecule has 2 aliphatic rings. The molecule has 2 aliphatic heterocycles. The molecule has 3 aromatic rings. The minimum Gasteiger partial charge on any atom is -0.508 e. The van der Waals surface area contributed by atoms with Gasteiger partial charge in [-0.05, 0) is 62.0 Å². The van der Waals surface area contributed by atoms with Crippen LogP contribution in [0, 0.1) is 0 Å². The molecule has 2 aromatic carbocycles. The van der Waals surface area contributed by atoms with E-state index in [4.69, 9.17) is 4.74 Å². The summed E-state index contributed by atoms with van der Waals surface area (Å²) in [6.45, 7) is 5.28. The van der Waals surface area contributed by atoms with Gasteiger partial charge in [-0.1, -0.05) is 30.3 Å². The number of piperidine rings is 1. The minimum absolute atomic E-state index is 0.0158. The molecular formula is C30H35N5O3. The van der Waals surface area contributed by atoms with Crippen LogP contribution in [0.1, 0.15) is 46.7 Å². The Morgan fingerprint density at radius 3 is 2.76 bits per heavy atom. The van der Waals surface area contributed by atoms with Gasteiger partial charge in [0, 0.05) is 62.1 Å². The Morgan fingerprint density at radius 1 is 1.08 bits per heavy atom. The maximum Gasteiger partial charge on any atom is 0.251 e. The van der Waals surface area contributed by atoms with Crippen molar-refractivity contribution in [1.29, 1.82) is 0 Å². The Morgan fingerprint density at radius 2 is 1.95 bits per heavy atom. The fraction of sp³-hybridized carbons (Fsp3) is 0.333. The molecular weight excluding hydrogens is 478 g/mol. The van der Waals surface area contributed by atoms with Crippen molar-refractivity contribution in [3.8, 4) is 5.75 Å². The molecule has 2 N–H and O–H groups in total. The Bertz CT molecular complexity index is 1260. The molecule has 8 heteroatoms. The number of amides is 1. The fourth-order valence-corrected chi connectivity index (χ4v) is 5.11. The SMILES string of the molecule is O=C(NCCCn1ccnc1)c1ccccc1C1CCN(CCN2C=COC(c3cccc(O)c3)=C2)CC1. The van der Waals surface area contributed by atoms with Crippen molar-refractivity contribution in [2.75, 3.05) is 32.7 Å². The molecule has 1 fully saturated rings. The third-order valence-electron chi connectivity index (χ3n) is 7.21. The number of aromatic hydroxyl groups is 1. The summed E-state index contributed by atoms with van der Waals surface area (Å²) in [5, 5.41) is 12.9. The maximum absolute atomic E-state index is 13.0. The highest BCUT2D eigenvalue weighted by atomic mass is 16.5. The number of ether oxygens (including phenoxy) is 1. The van der Waals surface area contributed by atoms with Gasteiger partial charge in [-0.25, -0.2) is 4.98 Å². The number of rotatable bonds is 10. The molecule has 0 aliphatic carbocycles. The number of aromatic nitrogens is 2. The Balaban J connectivity index is 1.10. The number of hydrogen-bond donors (Lipinski definition) is 2. The Labute approximate surface area is 223 Å². The molecule has 5 rings (SSSR count). The maximum atomic E-state index is 13.0. The topological polar surface area (TPSA) is 82.9 Å². The molecule has 0 saturated carbocycles. The highest BCUT2D eigenvalue weighted by molar-refractivity contribution is 5.95. The van der Waals surface area contributed by atoms with Crippen LogP contribution < -0.4 is 5.32 Å². The zero-order chi connectivity index (χ0) is 26.2. The van der Waals surface area contributed by atoms with Gasteiger partial charge in [0.1, 0.15) is 17.8 Å². The monoisotopic (exact) mass is 513 g/mol. The second-order valence-electron chi connectivity index (χ2n) is 9.80. The van der Waals surface area contributed by atoms with Crippen LogP contribution in [0.2, 0.25) is 0 Å². The van der Waals surface area contributed by atoms with E-state index in [1.807, 2.05) is 53.5 Å². The van der Waals surface area contributed by atoms with Gasteiger partial charge >= 0.3 is 0 Å². The van der Waals surface area contributed by atoms with Crippen LogP contribution in [-0.2, 0) is 11.3 Å². The van der Waals surface area contributed by atoms with Gasteiger partial charge in [-0.15, -0.1) is 0 Å². The van der Waals surface area contributed by atoms with Gasteiger partial charge in [-0.3, -0.25) is 4.79 Å². The first-order valence-electron chi connectivity index (χ1n) is 13.3. The van der Waals surface area contributed by atoms with E-state index in [1.165, 1.54) is 0 Å². The van der Waals surface area contributed by atoms with Crippen LogP contribution in [0.4, 0.5) is 0 Å². The Hall–Kier alpha value is -4.04. The summed E-state index contributed by atoms with van der Waals surface area (Å²) in [6.07, 6.45) is 14.0. The molecule has 3 heterocycles. The van der Waals surface area contributed by atoms with E-state index in [2.05, 4.69) is 26.2 Å². The molecule has 0 unspecified atom stereocenters. The third-order valence-corrected chi connectivity index (χ3v) is 7.21. The van der Waals surface area contributed by atoms with Gasteiger partial charge in [0.05, 0.1) is 6.33 Å². The molecule has 0 spiro atoms. The van der Waals surface area contributed by atoms with Crippen molar-refractivity contribution in [2.45, 2.75) is 31.7 Å². The summed E-state index contributed by atoms with van der Waals surface area (Å²) in [6, 6.07) is 15.2. The lowest BCUT2D eigenvalue weighted by Crippen LogP contribution is -2.38. The van der Waals surface area contributed by atoms with Gasteiger partial charge < -0.3 is 29.5 Å². The van der Waals surface area contributed by atoms with Crippen LogP contribution in [0.5, 0.6) is 5.75 Å². The van der Waals surface area contributed by atoms with Gasteiger partial charge in [0.2, 0.25) is 0 Å². The lowest BCUT2D eigenvalue weighted by molar-refractivity contribution is 0.0950. The lowest BCUT2D eigenvalue weighted by atomic mass is 9.86. The molecule has 0 bridgehead atoms. The molecule has 0 atom stereocenters. The zero-order valence-electron chi connectivity index (χ0n) is 21.6. The number of carbonyl (C=O) groups is 1. The largest absolute Gasteiger partial charge is 0.508 e. The molecule has 38 heavy (non-hydrogen) atoms. The summed E-state index contributed by atoms with van der Waals surface area (Å²) >= 11 is 0.